The molecule has 1 aliphatic rings. The molecular formula is C11H11N3O. The molecule has 76 valence electrons. The molecule has 0 aromatic heterocycles. The van der Waals surface area contributed by atoms with E-state index in [4.69, 9.17) is 10.00 Å². The second-order valence-electron chi connectivity index (χ2n) is 3.33. The Bertz CT molecular complexity index is 394. The van der Waals surface area contributed by atoms with Crippen LogP contribution in [0.5, 0.6) is 0 Å². The van der Waals surface area contributed by atoms with Crippen LogP contribution >= 0.6 is 0 Å². The average molecular weight is 201 g/mol. The SMILES string of the molecule is N#CNC1=N[C@@H](Cc2ccccc2)CO1. The van der Waals surface area contributed by atoms with Crippen molar-refractivity contribution in [1.82, 2.24) is 5.32 Å². The Balaban J connectivity index is 1.95. The number of amidine groups is 1. The Morgan fingerprint density at radius 1 is 1.47 bits per heavy atom. The van der Waals surface area contributed by atoms with Crippen LogP contribution in [0.3, 0.4) is 0 Å². The summed E-state index contributed by atoms with van der Waals surface area (Å²) in [5.41, 5.74) is 1.23. The number of ether oxygens (including phenoxy) is 1. The quantitative estimate of drug-likeness (QED) is 0.575. The van der Waals surface area contributed by atoms with E-state index in [1.54, 1.807) is 6.19 Å². The Morgan fingerprint density at radius 2 is 2.27 bits per heavy atom. The highest BCUT2D eigenvalue weighted by molar-refractivity contribution is 5.76. The van der Waals surface area contributed by atoms with Crippen LogP contribution in [-0.4, -0.2) is 18.7 Å². The fourth-order valence-electron chi connectivity index (χ4n) is 1.52. The first kappa shape index (κ1) is 9.53. The summed E-state index contributed by atoms with van der Waals surface area (Å²) in [7, 11) is 0. The second kappa shape index (κ2) is 4.47. The second-order valence-corrected chi connectivity index (χ2v) is 3.33. The van der Waals surface area contributed by atoms with Crippen molar-refractivity contribution in [2.45, 2.75) is 12.5 Å². The van der Waals surface area contributed by atoms with E-state index >= 15 is 0 Å². The largest absolute Gasteiger partial charge is 0.462 e. The molecule has 0 unspecified atom stereocenters. The van der Waals surface area contributed by atoms with E-state index in [-0.39, 0.29) is 6.04 Å². The van der Waals surface area contributed by atoms with Crippen molar-refractivity contribution in [3.63, 3.8) is 0 Å². The number of aliphatic imine (C=N–C) groups is 1. The predicted octanol–water partition coefficient (Wildman–Crippen LogP) is 1.05. The Morgan fingerprint density at radius 3 is 3.00 bits per heavy atom. The summed E-state index contributed by atoms with van der Waals surface area (Å²) in [6, 6.07) is 10.6. The molecule has 2 rings (SSSR count). The van der Waals surface area contributed by atoms with Crippen LogP contribution in [-0.2, 0) is 11.2 Å². The van der Waals surface area contributed by atoms with Gasteiger partial charge in [-0.3, -0.25) is 0 Å². The molecule has 0 bridgehead atoms. The first-order valence-electron chi connectivity index (χ1n) is 4.78. The van der Waals surface area contributed by atoms with Gasteiger partial charge in [0.1, 0.15) is 6.61 Å². The van der Waals surface area contributed by atoms with Crippen molar-refractivity contribution >= 4 is 6.02 Å². The minimum atomic E-state index is 0.114. The first-order valence-corrected chi connectivity index (χ1v) is 4.78. The van der Waals surface area contributed by atoms with Crippen LogP contribution in [0.1, 0.15) is 5.56 Å². The van der Waals surface area contributed by atoms with Crippen molar-refractivity contribution in [2.75, 3.05) is 6.61 Å². The Hall–Kier alpha value is -2.02. The molecule has 1 N–H and O–H groups in total. The molecule has 1 aliphatic heterocycles. The van der Waals surface area contributed by atoms with Gasteiger partial charge in [-0.1, -0.05) is 30.3 Å². The number of rotatable bonds is 2. The monoisotopic (exact) mass is 201 g/mol. The van der Waals surface area contributed by atoms with Gasteiger partial charge in [-0.05, 0) is 12.0 Å². The summed E-state index contributed by atoms with van der Waals surface area (Å²) in [5.74, 6) is 0. The molecule has 0 fully saturated rings. The molecule has 1 atom stereocenters. The van der Waals surface area contributed by atoms with Crippen LogP contribution in [0.15, 0.2) is 35.3 Å². The summed E-state index contributed by atoms with van der Waals surface area (Å²) in [5, 5.41) is 10.8. The minimum Gasteiger partial charge on any atom is -0.462 e. The Kier molecular flexibility index (Phi) is 2.84. The summed E-state index contributed by atoms with van der Waals surface area (Å²) in [4.78, 5) is 4.23. The summed E-state index contributed by atoms with van der Waals surface area (Å²) >= 11 is 0. The zero-order valence-corrected chi connectivity index (χ0v) is 8.18. The molecule has 0 saturated heterocycles. The Labute approximate surface area is 88.2 Å². The van der Waals surface area contributed by atoms with Gasteiger partial charge in [-0.15, -0.1) is 0 Å². The number of benzene rings is 1. The normalized spacial score (nSPS) is 18.9. The molecule has 4 nitrogen and oxygen atoms in total. The third-order valence-corrected chi connectivity index (χ3v) is 2.19. The molecule has 0 spiro atoms. The molecule has 0 aliphatic carbocycles. The van der Waals surface area contributed by atoms with Gasteiger partial charge in [0.2, 0.25) is 0 Å². The van der Waals surface area contributed by atoms with Crippen molar-refractivity contribution in [3.8, 4) is 6.19 Å². The van der Waals surface area contributed by atoms with E-state index in [9.17, 15) is 0 Å². The van der Waals surface area contributed by atoms with Crippen molar-refractivity contribution in [1.29, 1.82) is 5.26 Å². The lowest BCUT2D eigenvalue weighted by Crippen LogP contribution is -2.16. The van der Waals surface area contributed by atoms with Gasteiger partial charge in [0, 0.05) is 0 Å². The topological polar surface area (TPSA) is 57.4 Å². The highest BCUT2D eigenvalue weighted by Gasteiger charge is 2.18. The molecule has 15 heavy (non-hydrogen) atoms. The van der Waals surface area contributed by atoms with Gasteiger partial charge < -0.3 is 4.74 Å². The van der Waals surface area contributed by atoms with Crippen molar-refractivity contribution in [3.05, 3.63) is 35.9 Å². The molecule has 1 aromatic carbocycles. The summed E-state index contributed by atoms with van der Waals surface area (Å²) in [6.07, 6.45) is 2.63. The molecule has 0 saturated carbocycles. The third kappa shape index (κ3) is 2.47. The van der Waals surface area contributed by atoms with Crippen LogP contribution < -0.4 is 5.32 Å². The lowest BCUT2D eigenvalue weighted by atomic mass is 10.1. The molecular weight excluding hydrogens is 190 g/mol. The van der Waals surface area contributed by atoms with Gasteiger partial charge in [0.05, 0.1) is 6.04 Å². The lowest BCUT2D eigenvalue weighted by Gasteiger charge is -2.03. The number of nitrogens with zero attached hydrogens (tertiary/aromatic N) is 2. The van der Waals surface area contributed by atoms with Crippen LogP contribution in [0, 0.1) is 11.5 Å². The van der Waals surface area contributed by atoms with Gasteiger partial charge >= 0.3 is 0 Å². The van der Waals surface area contributed by atoms with Crippen molar-refractivity contribution in [2.24, 2.45) is 4.99 Å². The van der Waals surface area contributed by atoms with Gasteiger partial charge in [0.25, 0.3) is 6.02 Å². The minimum absolute atomic E-state index is 0.114. The molecule has 0 radical (unpaired) electrons. The highest BCUT2D eigenvalue weighted by atomic mass is 16.5. The van der Waals surface area contributed by atoms with Crippen LogP contribution in [0.2, 0.25) is 0 Å². The number of hydrogen-bond donors (Lipinski definition) is 1. The summed E-state index contributed by atoms with van der Waals surface area (Å²) < 4.78 is 5.19. The summed E-state index contributed by atoms with van der Waals surface area (Å²) in [6.45, 7) is 0.541. The maximum Gasteiger partial charge on any atom is 0.298 e. The van der Waals surface area contributed by atoms with E-state index in [0.29, 0.717) is 12.6 Å². The molecule has 1 heterocycles. The molecule has 4 heteroatoms. The third-order valence-electron chi connectivity index (χ3n) is 2.19. The van der Waals surface area contributed by atoms with Crippen LogP contribution in [0.25, 0.3) is 0 Å². The van der Waals surface area contributed by atoms with Crippen LogP contribution in [0.4, 0.5) is 0 Å². The van der Waals surface area contributed by atoms with E-state index in [1.165, 1.54) is 5.56 Å². The molecule has 0 amide bonds. The zero-order chi connectivity index (χ0) is 10.5. The average Bonchev–Trinajstić information content (AvgIpc) is 2.68. The highest BCUT2D eigenvalue weighted by Crippen LogP contribution is 2.10. The van der Waals surface area contributed by atoms with Gasteiger partial charge in [0.15, 0.2) is 6.19 Å². The van der Waals surface area contributed by atoms with E-state index in [0.717, 1.165) is 6.42 Å². The smallest absolute Gasteiger partial charge is 0.298 e. The predicted molar refractivity (Wildman–Crippen MR) is 56.1 cm³/mol. The maximum absolute atomic E-state index is 8.38. The fourth-order valence-corrected chi connectivity index (χ4v) is 1.52. The lowest BCUT2D eigenvalue weighted by molar-refractivity contribution is 0.308. The zero-order valence-electron chi connectivity index (χ0n) is 8.18. The van der Waals surface area contributed by atoms with E-state index in [2.05, 4.69) is 22.4 Å². The van der Waals surface area contributed by atoms with Crippen molar-refractivity contribution < 1.29 is 4.74 Å². The molecule has 1 aromatic rings. The van der Waals surface area contributed by atoms with E-state index < -0.39 is 0 Å². The number of hydrogen-bond acceptors (Lipinski definition) is 4. The van der Waals surface area contributed by atoms with E-state index in [1.807, 2.05) is 18.2 Å². The fraction of sp³-hybridized carbons (Fsp3) is 0.273. The standard InChI is InChI=1S/C11H11N3O/c12-8-13-11-14-10(7-15-11)6-9-4-2-1-3-5-9/h1-5,10H,6-7H2,(H,13,14)/t10-/m0/s1. The number of nitrogens with one attached hydrogen (secondary N) is 1. The van der Waals surface area contributed by atoms with Gasteiger partial charge in [-0.25, -0.2) is 10.3 Å². The first-order chi connectivity index (χ1) is 7.38. The number of nitriles is 1. The van der Waals surface area contributed by atoms with Gasteiger partial charge in [-0.2, -0.15) is 5.26 Å². The maximum atomic E-state index is 8.38.